The van der Waals surface area contributed by atoms with Crippen molar-refractivity contribution in [2.24, 2.45) is 59.2 Å². The molecule has 6 bridgehead atoms. The van der Waals surface area contributed by atoms with Crippen molar-refractivity contribution >= 4 is 16.3 Å². The maximum Gasteiger partial charge on any atom is 0.509 e. The number of carbonyl (C=O) groups is 1. The van der Waals surface area contributed by atoms with Gasteiger partial charge in [-0.2, -0.15) is 8.42 Å². The normalized spacial score (nSPS) is 45.2. The molecule has 5 fully saturated rings. The Kier molecular flexibility index (Phi) is 4.91. The topological polar surface area (TPSA) is 78.9 Å². The minimum absolute atomic E-state index is 0.0896. The van der Waals surface area contributed by atoms with Crippen molar-refractivity contribution < 1.29 is 26.9 Å². The van der Waals surface area contributed by atoms with Gasteiger partial charge in [0.25, 0.3) is 10.1 Å². The fourth-order valence-corrected chi connectivity index (χ4v) is 10.9. The number of carbonyl (C=O) groups excluding carboxylic acids is 1. The smallest absolute Gasteiger partial charge is 0.429 e. The molecule has 6 aliphatic rings. The first-order valence-electron chi connectivity index (χ1n) is 13.6. The van der Waals surface area contributed by atoms with E-state index in [9.17, 15) is 13.2 Å². The van der Waals surface area contributed by atoms with Crippen LogP contribution in [0.25, 0.3) is 0 Å². The minimum Gasteiger partial charge on any atom is -0.429 e. The van der Waals surface area contributed by atoms with E-state index in [2.05, 4.69) is 12.2 Å². The van der Waals surface area contributed by atoms with Crippen molar-refractivity contribution in [2.75, 3.05) is 0 Å². The molecular formula is C29H36O6S. The highest BCUT2D eigenvalue weighted by atomic mass is 32.2. The molecule has 0 amide bonds. The molecule has 7 heteroatoms. The van der Waals surface area contributed by atoms with Gasteiger partial charge in [-0.25, -0.2) is 4.79 Å². The summed E-state index contributed by atoms with van der Waals surface area (Å²) in [6, 6.07) is 6.74. The van der Waals surface area contributed by atoms with Crippen LogP contribution < -0.4 is 0 Å². The zero-order chi connectivity index (χ0) is 25.1. The number of allylic oxidation sites excluding steroid dienone is 2. The van der Waals surface area contributed by atoms with Crippen LogP contribution in [0.15, 0.2) is 41.3 Å². The molecule has 12 atom stereocenters. The van der Waals surface area contributed by atoms with Crippen LogP contribution in [0, 0.1) is 66.1 Å². The lowest BCUT2D eigenvalue weighted by molar-refractivity contribution is -0.103. The van der Waals surface area contributed by atoms with Crippen LogP contribution >= 0.6 is 0 Å². The molecule has 6 nitrogen and oxygen atoms in total. The van der Waals surface area contributed by atoms with Gasteiger partial charge in [-0.3, -0.25) is 4.18 Å². The maximum absolute atomic E-state index is 13.4. The fraction of sp³-hybridized carbons (Fsp3) is 0.690. The highest BCUT2D eigenvalue weighted by Crippen LogP contribution is 2.76. The number of hydrogen-bond donors (Lipinski definition) is 0. The van der Waals surface area contributed by atoms with Crippen molar-refractivity contribution in [3.63, 3.8) is 0 Å². The number of rotatable bonds is 4. The van der Waals surface area contributed by atoms with Gasteiger partial charge in [0.2, 0.25) is 0 Å². The van der Waals surface area contributed by atoms with E-state index in [0.29, 0.717) is 35.5 Å². The van der Waals surface area contributed by atoms with Crippen LogP contribution in [0.4, 0.5) is 4.79 Å². The number of fused-ring (bicyclic) bond motifs is 16. The summed E-state index contributed by atoms with van der Waals surface area (Å²) < 4.78 is 44.2. The van der Waals surface area contributed by atoms with Gasteiger partial charge in [0.1, 0.15) is 17.8 Å². The SMILES string of the molecule is Cc1ccc(S(=O)(=O)OC2C3CC(C2OC(=O)OC(C)(C)C)C2C4CC(C5C6C=CC(C6)C45)C32)cc1. The summed E-state index contributed by atoms with van der Waals surface area (Å²) in [5.74, 6) is 5.35. The van der Waals surface area contributed by atoms with Crippen molar-refractivity contribution in [2.45, 2.75) is 69.7 Å². The standard InChI is InChI=1S/C29H36O6S/c1-14-5-9-17(10-6-14)36(31,32)35-27-21-13-20(26(27)33-28(30)34-29(2,3)4)24-18-12-19(25(21)24)23-16-8-7-15(11-16)22(18)23/h5-10,15-16,18-27H,11-13H2,1-4H3. The largest absolute Gasteiger partial charge is 0.509 e. The van der Waals surface area contributed by atoms with E-state index >= 15 is 0 Å². The third kappa shape index (κ3) is 3.30. The molecule has 0 heterocycles. The van der Waals surface area contributed by atoms with Gasteiger partial charge in [-0.05, 0) is 112 Å². The molecule has 1 aromatic carbocycles. The molecule has 0 aliphatic heterocycles. The van der Waals surface area contributed by atoms with Crippen LogP contribution in [0.3, 0.4) is 0 Å². The molecule has 194 valence electrons. The predicted molar refractivity (Wildman–Crippen MR) is 132 cm³/mol. The Balaban J connectivity index is 1.20. The van der Waals surface area contributed by atoms with Gasteiger partial charge < -0.3 is 9.47 Å². The molecule has 0 radical (unpaired) electrons. The van der Waals surface area contributed by atoms with E-state index in [1.807, 2.05) is 6.92 Å². The summed E-state index contributed by atoms with van der Waals surface area (Å²) >= 11 is 0. The first kappa shape index (κ1) is 23.3. The Labute approximate surface area is 213 Å². The van der Waals surface area contributed by atoms with E-state index in [1.54, 1.807) is 45.0 Å². The zero-order valence-electron chi connectivity index (χ0n) is 21.4. The summed E-state index contributed by atoms with van der Waals surface area (Å²) in [7, 11) is -4.00. The van der Waals surface area contributed by atoms with Crippen LogP contribution in [0.2, 0.25) is 0 Å². The predicted octanol–water partition coefficient (Wildman–Crippen LogP) is 5.36. The Bertz CT molecular complexity index is 1210. The molecule has 0 spiro atoms. The van der Waals surface area contributed by atoms with E-state index in [-0.39, 0.29) is 16.7 Å². The van der Waals surface area contributed by atoms with Crippen LogP contribution in [-0.2, 0) is 23.8 Å². The maximum atomic E-state index is 13.4. The van der Waals surface area contributed by atoms with Gasteiger partial charge in [-0.15, -0.1) is 0 Å². The summed E-state index contributed by atoms with van der Waals surface area (Å²) in [5, 5.41) is 0. The number of benzene rings is 1. The van der Waals surface area contributed by atoms with E-state index < -0.39 is 34.1 Å². The molecular weight excluding hydrogens is 476 g/mol. The highest BCUT2D eigenvalue weighted by Gasteiger charge is 2.74. The van der Waals surface area contributed by atoms with E-state index in [1.165, 1.54) is 12.8 Å². The van der Waals surface area contributed by atoms with Crippen LogP contribution in [-0.4, -0.2) is 32.4 Å². The Morgan fingerprint density at radius 1 is 0.806 bits per heavy atom. The molecule has 0 N–H and O–H groups in total. The van der Waals surface area contributed by atoms with E-state index in [4.69, 9.17) is 13.7 Å². The number of aryl methyl sites for hydroxylation is 1. The molecule has 12 unspecified atom stereocenters. The van der Waals surface area contributed by atoms with Crippen molar-refractivity contribution in [1.29, 1.82) is 0 Å². The molecule has 0 aromatic heterocycles. The van der Waals surface area contributed by atoms with E-state index in [0.717, 1.165) is 23.8 Å². The second kappa shape index (κ2) is 7.59. The van der Waals surface area contributed by atoms with Gasteiger partial charge in [0.15, 0.2) is 0 Å². The van der Waals surface area contributed by atoms with Gasteiger partial charge in [-0.1, -0.05) is 29.8 Å². The lowest BCUT2D eigenvalue weighted by Crippen LogP contribution is -2.51. The monoisotopic (exact) mass is 512 g/mol. The third-order valence-electron chi connectivity index (χ3n) is 10.4. The second-order valence-electron chi connectivity index (χ2n) is 13.3. The molecule has 0 saturated heterocycles. The lowest BCUT2D eigenvalue weighted by Gasteiger charge is -2.47. The molecule has 5 saturated carbocycles. The van der Waals surface area contributed by atoms with Crippen LogP contribution in [0.1, 0.15) is 45.6 Å². The summed E-state index contributed by atoms with van der Waals surface area (Å²) in [6.45, 7) is 7.34. The van der Waals surface area contributed by atoms with Gasteiger partial charge in [0.05, 0.1) is 4.90 Å². The average molecular weight is 513 g/mol. The third-order valence-corrected chi connectivity index (χ3v) is 11.7. The lowest BCUT2D eigenvalue weighted by atomic mass is 9.60. The molecule has 1 aromatic rings. The minimum atomic E-state index is -4.00. The molecule has 6 aliphatic carbocycles. The second-order valence-corrected chi connectivity index (χ2v) is 14.8. The van der Waals surface area contributed by atoms with Gasteiger partial charge >= 0.3 is 6.16 Å². The van der Waals surface area contributed by atoms with Crippen LogP contribution in [0.5, 0.6) is 0 Å². The summed E-state index contributed by atoms with van der Waals surface area (Å²) in [6.07, 6.45) is 6.29. The fourth-order valence-electron chi connectivity index (χ4n) is 9.73. The zero-order valence-corrected chi connectivity index (χ0v) is 22.2. The molecule has 36 heavy (non-hydrogen) atoms. The Morgan fingerprint density at radius 2 is 1.36 bits per heavy atom. The highest BCUT2D eigenvalue weighted by molar-refractivity contribution is 7.86. The molecule has 7 rings (SSSR count). The van der Waals surface area contributed by atoms with Crippen molar-refractivity contribution in [3.05, 3.63) is 42.0 Å². The first-order valence-corrected chi connectivity index (χ1v) is 15.0. The number of ether oxygens (including phenoxy) is 2. The quantitative estimate of drug-likeness (QED) is 0.234. The Morgan fingerprint density at radius 3 is 1.94 bits per heavy atom. The number of hydrogen-bond acceptors (Lipinski definition) is 6. The summed E-state index contributed by atoms with van der Waals surface area (Å²) in [5.41, 5.74) is 0.302. The average Bonchev–Trinajstić information content (AvgIpc) is 3.59. The van der Waals surface area contributed by atoms with Crippen molar-refractivity contribution in [1.82, 2.24) is 0 Å². The Hall–Kier alpha value is -1.86. The van der Waals surface area contributed by atoms with Crippen molar-refractivity contribution in [3.8, 4) is 0 Å². The summed E-state index contributed by atoms with van der Waals surface area (Å²) in [4.78, 5) is 12.9. The first-order chi connectivity index (χ1) is 17.0. The van der Waals surface area contributed by atoms with Gasteiger partial charge in [0, 0.05) is 5.92 Å².